The normalized spacial score (nSPS) is 11.8. The number of hydrogen-bond acceptors (Lipinski definition) is 6. The molecule has 0 saturated heterocycles. The van der Waals surface area contributed by atoms with E-state index in [1.807, 2.05) is 12.1 Å². The molecule has 4 aromatic rings. The van der Waals surface area contributed by atoms with Crippen LogP contribution in [0.4, 0.5) is 0 Å². The van der Waals surface area contributed by atoms with Crippen LogP contribution in [0.1, 0.15) is 230 Å². The predicted molar refractivity (Wildman–Crippen MR) is 276 cm³/mol. The molecule has 0 heterocycles. The average molecular weight is 960 g/mol. The molecular weight excluding hydrogens is 873 g/mol. The van der Waals surface area contributed by atoms with E-state index in [0.29, 0.717) is 10.8 Å². The summed E-state index contributed by atoms with van der Waals surface area (Å²) in [6.07, 6.45) is 38.7. The number of aryl methyl sites for hydroxylation is 4. The molecule has 360 valence electrons. The summed E-state index contributed by atoms with van der Waals surface area (Å²) in [6.45, 7) is 8.94. The predicted octanol–water partition coefficient (Wildman–Crippen LogP) is 16.3. The molecule has 0 aliphatic heterocycles. The molecule has 0 aliphatic carbocycles. The van der Waals surface area contributed by atoms with Gasteiger partial charge in [-0.2, -0.15) is 0 Å². The molecular formula is C56H86CaO6S2. The van der Waals surface area contributed by atoms with Gasteiger partial charge in [0.2, 0.25) is 0 Å². The van der Waals surface area contributed by atoms with E-state index in [0.717, 1.165) is 86.1 Å². The Hall–Kier alpha value is -1.52. The Labute approximate surface area is 427 Å². The largest absolute Gasteiger partial charge is 2.00 e. The first-order valence-electron chi connectivity index (χ1n) is 25.9. The van der Waals surface area contributed by atoms with Crippen LogP contribution in [0.5, 0.6) is 0 Å². The van der Waals surface area contributed by atoms with Gasteiger partial charge in [0, 0.05) is 10.8 Å². The second kappa shape index (κ2) is 34.7. The van der Waals surface area contributed by atoms with Crippen LogP contribution < -0.4 is 0 Å². The van der Waals surface area contributed by atoms with Gasteiger partial charge >= 0.3 is 37.7 Å². The molecule has 0 N–H and O–H groups in total. The fourth-order valence-corrected chi connectivity index (χ4v) is 10.8. The van der Waals surface area contributed by atoms with Crippen LogP contribution in [-0.2, 0) is 45.9 Å². The third kappa shape index (κ3) is 23.6. The third-order valence-electron chi connectivity index (χ3n) is 12.9. The summed E-state index contributed by atoms with van der Waals surface area (Å²) in [5, 5.41) is 3.08. The van der Waals surface area contributed by atoms with Gasteiger partial charge in [-0.1, -0.05) is 230 Å². The molecule has 0 aliphatic rings. The van der Waals surface area contributed by atoms with Crippen molar-refractivity contribution in [3.05, 3.63) is 82.9 Å². The van der Waals surface area contributed by atoms with Crippen LogP contribution in [0, 0.1) is 0 Å². The summed E-state index contributed by atoms with van der Waals surface area (Å²) < 4.78 is 71.5. The number of fused-ring (bicyclic) bond motifs is 2. The van der Waals surface area contributed by atoms with Gasteiger partial charge in [0.1, 0.15) is 20.2 Å². The first-order chi connectivity index (χ1) is 30.9. The summed E-state index contributed by atoms with van der Waals surface area (Å²) in [5.74, 6) is 0. The first kappa shape index (κ1) is 59.6. The Balaban J connectivity index is 0.000000440. The zero-order valence-electron chi connectivity index (χ0n) is 41.4. The van der Waals surface area contributed by atoms with E-state index in [9.17, 15) is 25.9 Å². The maximum Gasteiger partial charge on any atom is 2.00 e. The average Bonchev–Trinajstić information content (AvgIpc) is 3.26. The van der Waals surface area contributed by atoms with Gasteiger partial charge < -0.3 is 9.11 Å². The van der Waals surface area contributed by atoms with Crippen molar-refractivity contribution in [2.45, 2.75) is 243 Å². The molecule has 4 aromatic carbocycles. The quantitative estimate of drug-likeness (QED) is 0.0262. The molecule has 0 amide bonds. The van der Waals surface area contributed by atoms with Crippen molar-refractivity contribution < 1.29 is 25.9 Å². The van der Waals surface area contributed by atoms with Gasteiger partial charge in [0.15, 0.2) is 0 Å². The van der Waals surface area contributed by atoms with Crippen molar-refractivity contribution in [2.24, 2.45) is 0 Å². The monoisotopic (exact) mass is 959 g/mol. The van der Waals surface area contributed by atoms with Crippen molar-refractivity contribution in [1.29, 1.82) is 0 Å². The Morgan fingerprint density at radius 3 is 0.892 bits per heavy atom. The van der Waals surface area contributed by atoms with Crippen molar-refractivity contribution in [2.75, 3.05) is 0 Å². The fraction of sp³-hybridized carbons (Fsp3) is 0.643. The van der Waals surface area contributed by atoms with Crippen molar-refractivity contribution in [3.8, 4) is 0 Å². The minimum Gasteiger partial charge on any atom is -0.744 e. The van der Waals surface area contributed by atoms with Crippen LogP contribution in [0.25, 0.3) is 21.5 Å². The van der Waals surface area contributed by atoms with Crippen LogP contribution in [0.2, 0.25) is 0 Å². The molecule has 0 atom stereocenters. The molecule has 65 heavy (non-hydrogen) atoms. The van der Waals surface area contributed by atoms with E-state index >= 15 is 0 Å². The Morgan fingerprint density at radius 1 is 0.354 bits per heavy atom. The van der Waals surface area contributed by atoms with Crippen LogP contribution in [-0.4, -0.2) is 63.7 Å². The minimum absolute atomic E-state index is 0. The van der Waals surface area contributed by atoms with Gasteiger partial charge in [-0.25, -0.2) is 16.8 Å². The van der Waals surface area contributed by atoms with E-state index in [1.54, 1.807) is 12.1 Å². The zero-order chi connectivity index (χ0) is 46.5. The van der Waals surface area contributed by atoms with Crippen LogP contribution in [0.15, 0.2) is 70.5 Å². The minimum atomic E-state index is -4.49. The summed E-state index contributed by atoms with van der Waals surface area (Å²) in [5.41, 5.74) is 4.60. The Kier molecular flexibility index (Phi) is 31.8. The fourth-order valence-electron chi connectivity index (χ4n) is 9.32. The van der Waals surface area contributed by atoms with E-state index in [1.165, 1.54) is 165 Å². The Morgan fingerprint density at radius 2 is 0.615 bits per heavy atom. The van der Waals surface area contributed by atoms with Gasteiger partial charge in [-0.3, -0.25) is 0 Å². The van der Waals surface area contributed by atoms with Gasteiger partial charge in [0.25, 0.3) is 0 Å². The summed E-state index contributed by atoms with van der Waals surface area (Å²) >= 11 is 0. The topological polar surface area (TPSA) is 114 Å². The molecule has 6 nitrogen and oxygen atoms in total. The molecule has 0 saturated carbocycles. The molecule has 9 heteroatoms. The maximum absolute atomic E-state index is 11.9. The SMILES string of the molecule is CCCCCCCCCc1cc(CCCCCCCCC)c2c(S(=O)(=O)[O-])cccc2c1.CCCCCCCCCc1cc(CCCCCCCCC)c2c(S(=O)(=O)[O-])cccc2c1.[Ca+2]. The Bertz CT molecular complexity index is 1960. The molecule has 0 fully saturated rings. The summed E-state index contributed by atoms with van der Waals surface area (Å²) in [7, 11) is -8.98. The van der Waals surface area contributed by atoms with Crippen molar-refractivity contribution in [3.63, 3.8) is 0 Å². The zero-order valence-corrected chi connectivity index (χ0v) is 45.2. The second-order valence-corrected chi connectivity index (χ2v) is 21.3. The van der Waals surface area contributed by atoms with Gasteiger partial charge in [-0.05, 0) is 96.5 Å². The first-order valence-corrected chi connectivity index (χ1v) is 28.8. The van der Waals surface area contributed by atoms with E-state index in [-0.39, 0.29) is 47.5 Å². The number of hydrogen-bond donors (Lipinski definition) is 0. The number of unbranched alkanes of at least 4 members (excludes halogenated alkanes) is 24. The third-order valence-corrected chi connectivity index (χ3v) is 14.7. The molecule has 0 unspecified atom stereocenters. The molecule has 0 aromatic heterocycles. The smallest absolute Gasteiger partial charge is 0.744 e. The number of benzene rings is 4. The molecule has 4 rings (SSSR count). The van der Waals surface area contributed by atoms with E-state index < -0.39 is 20.2 Å². The van der Waals surface area contributed by atoms with E-state index in [2.05, 4.69) is 52.0 Å². The maximum atomic E-state index is 11.9. The van der Waals surface area contributed by atoms with Crippen LogP contribution in [0.3, 0.4) is 0 Å². The van der Waals surface area contributed by atoms with Gasteiger partial charge in [-0.15, -0.1) is 0 Å². The molecule has 0 bridgehead atoms. The standard InChI is InChI=1S/2C28H44O3S.Ca/c2*1-3-5-7-9-11-13-15-18-24-22-25(19-16-14-12-10-8-6-4-2)28-26(23-24)20-17-21-27(28)32(29,30)31;/h2*17,20-23H,3-16,18-19H2,1-2H3,(H,29,30,31);/q;;+2/p-2. The van der Waals surface area contributed by atoms with Crippen molar-refractivity contribution in [1.82, 2.24) is 0 Å². The van der Waals surface area contributed by atoms with Crippen LogP contribution >= 0.6 is 0 Å². The van der Waals surface area contributed by atoms with Crippen molar-refractivity contribution >= 4 is 79.5 Å². The molecule has 0 spiro atoms. The van der Waals surface area contributed by atoms with E-state index in [4.69, 9.17) is 0 Å². The summed E-state index contributed by atoms with van der Waals surface area (Å²) in [4.78, 5) is -0.120. The summed E-state index contributed by atoms with van der Waals surface area (Å²) in [6, 6.07) is 18.8. The van der Waals surface area contributed by atoms with Gasteiger partial charge in [0.05, 0.1) is 9.79 Å². The second-order valence-electron chi connectivity index (χ2n) is 18.6. The molecule has 0 radical (unpaired) electrons. The number of rotatable bonds is 34.